The van der Waals surface area contributed by atoms with E-state index < -0.39 is 0 Å². The summed E-state index contributed by atoms with van der Waals surface area (Å²) in [6.07, 6.45) is 1.72. The summed E-state index contributed by atoms with van der Waals surface area (Å²) >= 11 is 4.76. The van der Waals surface area contributed by atoms with E-state index in [-0.39, 0.29) is 11.3 Å². The first kappa shape index (κ1) is 18.1. The molecule has 0 aliphatic carbocycles. The van der Waals surface area contributed by atoms with Crippen molar-refractivity contribution in [2.75, 3.05) is 26.3 Å². The Kier molecular flexibility index (Phi) is 5.20. The van der Waals surface area contributed by atoms with Gasteiger partial charge in [0.2, 0.25) is 0 Å². The third-order valence-electron chi connectivity index (χ3n) is 4.98. The third-order valence-corrected chi connectivity index (χ3v) is 5.60. The van der Waals surface area contributed by atoms with Crippen molar-refractivity contribution in [2.45, 2.75) is 12.3 Å². The number of nitrogens with one attached hydrogen (secondary N) is 1. The molecule has 27 heavy (non-hydrogen) atoms. The van der Waals surface area contributed by atoms with E-state index in [9.17, 15) is 5.11 Å². The Morgan fingerprint density at radius 3 is 2.67 bits per heavy atom. The minimum absolute atomic E-state index is 0.0623. The molecule has 0 saturated carbocycles. The van der Waals surface area contributed by atoms with Crippen molar-refractivity contribution in [3.8, 4) is 5.88 Å². The number of aryl methyl sites for hydroxylation is 1. The normalized spacial score (nSPS) is 17.0. The van der Waals surface area contributed by atoms with Gasteiger partial charge in [-0.3, -0.25) is 9.89 Å². The summed E-state index contributed by atoms with van der Waals surface area (Å²) in [5.41, 5.74) is 4.71. The van der Waals surface area contributed by atoms with E-state index in [0.717, 1.165) is 54.0 Å². The van der Waals surface area contributed by atoms with Crippen molar-refractivity contribution < 1.29 is 9.84 Å². The topological polar surface area (TPSA) is 60.8 Å². The molecule has 0 spiro atoms. The van der Waals surface area contributed by atoms with Gasteiger partial charge in [0, 0.05) is 30.2 Å². The number of aromatic hydroxyl groups is 1. The van der Waals surface area contributed by atoms with Crippen molar-refractivity contribution in [3.63, 3.8) is 0 Å². The molecule has 1 atom stereocenters. The highest BCUT2D eigenvalue weighted by atomic mass is 32.1. The number of morpholine rings is 1. The molecule has 2 N–H and O–H groups in total. The van der Waals surface area contributed by atoms with Gasteiger partial charge in [-0.15, -0.1) is 0 Å². The standard InChI is InChI=1S/C21H23N3O2S/c1-14-3-2-4-18-19(14)17(20(25)23-18)13-22-16-7-5-15(6-8-16)21(27)24-9-11-26-12-10-24/h2-8,13,21,23,25,27H,9-12H2,1H3. The molecular formula is C21H23N3O2S. The van der Waals surface area contributed by atoms with Crippen LogP contribution in [0.25, 0.3) is 10.9 Å². The summed E-state index contributed by atoms with van der Waals surface area (Å²) < 4.78 is 5.40. The van der Waals surface area contributed by atoms with Crippen LogP contribution in [0.15, 0.2) is 47.5 Å². The quantitative estimate of drug-likeness (QED) is 0.469. The Balaban J connectivity index is 1.54. The largest absolute Gasteiger partial charge is 0.494 e. The van der Waals surface area contributed by atoms with Gasteiger partial charge in [0.05, 0.1) is 29.8 Å². The lowest BCUT2D eigenvalue weighted by Crippen LogP contribution is -2.37. The Bertz CT molecular complexity index is 959. The maximum absolute atomic E-state index is 10.2. The predicted molar refractivity (Wildman–Crippen MR) is 113 cm³/mol. The summed E-state index contributed by atoms with van der Waals surface area (Å²) in [6.45, 7) is 5.33. The maximum atomic E-state index is 10.2. The number of aliphatic imine (C=N–C) groups is 1. The van der Waals surface area contributed by atoms with Gasteiger partial charge in [0.25, 0.3) is 0 Å². The first-order chi connectivity index (χ1) is 13.1. The molecule has 6 heteroatoms. The number of aromatic amines is 1. The van der Waals surface area contributed by atoms with Crippen LogP contribution in [-0.2, 0) is 4.74 Å². The van der Waals surface area contributed by atoms with Gasteiger partial charge in [0.1, 0.15) is 0 Å². The number of fused-ring (bicyclic) bond motifs is 1. The molecule has 1 aliphatic rings. The molecule has 0 radical (unpaired) electrons. The third kappa shape index (κ3) is 3.74. The minimum Gasteiger partial charge on any atom is -0.494 e. The monoisotopic (exact) mass is 381 g/mol. The van der Waals surface area contributed by atoms with Crippen LogP contribution in [0.1, 0.15) is 22.1 Å². The second-order valence-corrected chi connectivity index (χ2v) is 7.25. The van der Waals surface area contributed by atoms with E-state index in [1.54, 1.807) is 6.21 Å². The predicted octanol–water partition coefficient (Wildman–Crippen LogP) is 4.19. The molecule has 2 heterocycles. The van der Waals surface area contributed by atoms with Crippen LogP contribution in [0.3, 0.4) is 0 Å². The number of rotatable bonds is 4. The van der Waals surface area contributed by atoms with Gasteiger partial charge in [-0.05, 0) is 36.2 Å². The van der Waals surface area contributed by atoms with Crippen LogP contribution in [0.4, 0.5) is 5.69 Å². The Hall–Kier alpha value is -2.28. The molecule has 1 saturated heterocycles. The molecule has 1 unspecified atom stereocenters. The zero-order chi connectivity index (χ0) is 18.8. The Morgan fingerprint density at radius 1 is 1.19 bits per heavy atom. The van der Waals surface area contributed by atoms with Crippen molar-refractivity contribution >= 4 is 35.4 Å². The smallest absolute Gasteiger partial charge is 0.198 e. The lowest BCUT2D eigenvalue weighted by atomic mass is 10.1. The van der Waals surface area contributed by atoms with Gasteiger partial charge in [-0.1, -0.05) is 24.3 Å². The number of aromatic nitrogens is 1. The summed E-state index contributed by atoms with van der Waals surface area (Å²) in [6, 6.07) is 14.0. The first-order valence-electron chi connectivity index (χ1n) is 9.07. The van der Waals surface area contributed by atoms with E-state index >= 15 is 0 Å². The lowest BCUT2D eigenvalue weighted by Gasteiger charge is -2.31. The zero-order valence-corrected chi connectivity index (χ0v) is 16.1. The van der Waals surface area contributed by atoms with Crippen molar-refractivity contribution in [1.29, 1.82) is 0 Å². The van der Waals surface area contributed by atoms with E-state index in [0.29, 0.717) is 5.56 Å². The van der Waals surface area contributed by atoms with Crippen LogP contribution in [-0.4, -0.2) is 47.5 Å². The highest BCUT2D eigenvalue weighted by Gasteiger charge is 2.19. The molecule has 1 aliphatic heterocycles. The highest BCUT2D eigenvalue weighted by molar-refractivity contribution is 7.80. The Labute approximate surface area is 164 Å². The number of benzene rings is 2. The van der Waals surface area contributed by atoms with Crippen molar-refractivity contribution in [2.24, 2.45) is 4.99 Å². The molecule has 0 bridgehead atoms. The fraction of sp³-hybridized carbons (Fsp3) is 0.286. The number of hydrogen-bond donors (Lipinski definition) is 3. The summed E-state index contributed by atoms with van der Waals surface area (Å²) in [4.78, 5) is 9.86. The van der Waals surface area contributed by atoms with Crippen LogP contribution in [0.2, 0.25) is 0 Å². The maximum Gasteiger partial charge on any atom is 0.198 e. The van der Waals surface area contributed by atoms with Crippen LogP contribution < -0.4 is 0 Å². The Morgan fingerprint density at radius 2 is 1.93 bits per heavy atom. The summed E-state index contributed by atoms with van der Waals surface area (Å²) in [5, 5.41) is 11.3. The van der Waals surface area contributed by atoms with Gasteiger partial charge < -0.3 is 14.8 Å². The molecular weight excluding hydrogens is 358 g/mol. The highest BCUT2D eigenvalue weighted by Crippen LogP contribution is 2.30. The van der Waals surface area contributed by atoms with E-state index in [2.05, 4.69) is 27.0 Å². The average molecular weight is 382 g/mol. The lowest BCUT2D eigenvalue weighted by molar-refractivity contribution is 0.0327. The molecule has 140 valence electrons. The fourth-order valence-corrected chi connectivity index (χ4v) is 3.88. The summed E-state index contributed by atoms with van der Waals surface area (Å²) in [5.74, 6) is 0.141. The van der Waals surface area contributed by atoms with Crippen LogP contribution in [0.5, 0.6) is 5.88 Å². The van der Waals surface area contributed by atoms with Gasteiger partial charge >= 0.3 is 0 Å². The van der Waals surface area contributed by atoms with E-state index in [1.165, 1.54) is 0 Å². The number of nitrogens with zero attached hydrogens (tertiary/aromatic N) is 2. The first-order valence-corrected chi connectivity index (χ1v) is 9.59. The average Bonchev–Trinajstić information content (AvgIpc) is 3.03. The SMILES string of the molecule is Cc1cccc2[nH]c(O)c(C=Nc3ccc(C(S)N4CCOCC4)cc3)c12. The van der Waals surface area contributed by atoms with E-state index in [4.69, 9.17) is 17.4 Å². The molecule has 3 aromatic rings. The molecule has 4 rings (SSSR count). The number of H-pyrrole nitrogens is 1. The molecule has 2 aromatic carbocycles. The molecule has 1 aromatic heterocycles. The van der Waals surface area contributed by atoms with Crippen molar-refractivity contribution in [3.05, 3.63) is 59.2 Å². The van der Waals surface area contributed by atoms with E-state index in [1.807, 2.05) is 37.3 Å². The summed E-state index contributed by atoms with van der Waals surface area (Å²) in [7, 11) is 0. The second-order valence-electron chi connectivity index (χ2n) is 6.76. The van der Waals surface area contributed by atoms with Gasteiger partial charge in [0.15, 0.2) is 5.88 Å². The minimum atomic E-state index is 0.0623. The second kappa shape index (κ2) is 7.76. The van der Waals surface area contributed by atoms with Crippen molar-refractivity contribution in [1.82, 2.24) is 9.88 Å². The molecule has 0 amide bonds. The number of hydrogen-bond acceptors (Lipinski definition) is 5. The molecule has 5 nitrogen and oxygen atoms in total. The number of thiol groups is 1. The zero-order valence-electron chi connectivity index (χ0n) is 15.2. The van der Waals surface area contributed by atoms with Gasteiger partial charge in [-0.2, -0.15) is 12.6 Å². The fourth-order valence-electron chi connectivity index (χ4n) is 3.47. The van der Waals surface area contributed by atoms with Crippen LogP contribution in [0, 0.1) is 6.92 Å². The van der Waals surface area contributed by atoms with Gasteiger partial charge in [-0.25, -0.2) is 0 Å². The van der Waals surface area contributed by atoms with Crippen LogP contribution >= 0.6 is 12.6 Å². The molecule has 1 fully saturated rings. The number of ether oxygens (including phenoxy) is 1.